The Balaban J connectivity index is 2.40. The fourth-order valence-electron chi connectivity index (χ4n) is 1.57. The maximum atomic E-state index is 11.7. The third-order valence-corrected chi connectivity index (χ3v) is 2.60. The Morgan fingerprint density at radius 2 is 2.00 bits per heavy atom. The van der Waals surface area contributed by atoms with Crippen LogP contribution in [-0.2, 0) is 11.3 Å². The number of hydrogen-bond acceptors (Lipinski definition) is 3. The van der Waals surface area contributed by atoms with Gasteiger partial charge in [0.05, 0.1) is 0 Å². The molecule has 0 aliphatic rings. The van der Waals surface area contributed by atoms with Gasteiger partial charge in [0.25, 0.3) is 0 Å². The van der Waals surface area contributed by atoms with E-state index in [4.69, 9.17) is 5.11 Å². The molecule has 94 valence electrons. The van der Waals surface area contributed by atoms with Gasteiger partial charge in [-0.05, 0) is 37.7 Å². The van der Waals surface area contributed by atoms with Crippen LogP contribution >= 0.6 is 0 Å². The van der Waals surface area contributed by atoms with Crippen LogP contribution in [0.4, 0.5) is 0 Å². The van der Waals surface area contributed by atoms with E-state index in [1.165, 1.54) is 0 Å². The second-order valence-corrected chi connectivity index (χ2v) is 4.12. The molecule has 0 aromatic heterocycles. The summed E-state index contributed by atoms with van der Waals surface area (Å²) in [6.45, 7) is 1.44. The predicted molar refractivity (Wildman–Crippen MR) is 67.7 cm³/mol. The zero-order valence-electron chi connectivity index (χ0n) is 10.4. The molecule has 0 saturated carbocycles. The first-order valence-electron chi connectivity index (χ1n) is 5.80. The van der Waals surface area contributed by atoms with Crippen LogP contribution in [0.25, 0.3) is 0 Å². The molecular formula is C13H20N2O2. The number of hydrogen-bond donors (Lipinski definition) is 2. The van der Waals surface area contributed by atoms with Gasteiger partial charge in [0, 0.05) is 20.0 Å². The predicted octanol–water partition coefficient (Wildman–Crippen LogP) is 1.35. The van der Waals surface area contributed by atoms with Crippen LogP contribution in [0.3, 0.4) is 0 Å². The molecule has 0 spiro atoms. The van der Waals surface area contributed by atoms with E-state index >= 15 is 0 Å². The third kappa shape index (κ3) is 4.87. The van der Waals surface area contributed by atoms with Crippen molar-refractivity contribution < 1.29 is 9.90 Å². The molecule has 0 aliphatic carbocycles. The lowest BCUT2D eigenvalue weighted by atomic mass is 10.2. The highest BCUT2D eigenvalue weighted by molar-refractivity contribution is 5.75. The van der Waals surface area contributed by atoms with Crippen LogP contribution in [-0.4, -0.2) is 36.6 Å². The van der Waals surface area contributed by atoms with Crippen LogP contribution in [0.2, 0.25) is 0 Å². The molecule has 2 N–H and O–H groups in total. The Morgan fingerprint density at radius 3 is 2.59 bits per heavy atom. The minimum absolute atomic E-state index is 0.147. The first-order chi connectivity index (χ1) is 8.13. The van der Waals surface area contributed by atoms with E-state index in [2.05, 4.69) is 5.32 Å². The second kappa shape index (κ2) is 6.91. The van der Waals surface area contributed by atoms with Crippen molar-refractivity contribution in [3.05, 3.63) is 29.8 Å². The zero-order chi connectivity index (χ0) is 12.7. The normalized spacial score (nSPS) is 10.2. The van der Waals surface area contributed by atoms with Crippen molar-refractivity contribution in [1.82, 2.24) is 10.2 Å². The maximum absolute atomic E-state index is 11.7. The number of phenolic OH excluding ortho intramolecular Hbond substituents is 1. The summed E-state index contributed by atoms with van der Waals surface area (Å²) in [4.78, 5) is 13.4. The van der Waals surface area contributed by atoms with Crippen LogP contribution in [0.15, 0.2) is 24.3 Å². The molecule has 0 aliphatic heterocycles. The molecule has 0 saturated heterocycles. The molecule has 0 heterocycles. The molecule has 1 aromatic carbocycles. The van der Waals surface area contributed by atoms with Crippen LogP contribution in [0, 0.1) is 0 Å². The van der Waals surface area contributed by atoms with Crippen molar-refractivity contribution in [3.63, 3.8) is 0 Å². The third-order valence-electron chi connectivity index (χ3n) is 2.60. The van der Waals surface area contributed by atoms with Crippen molar-refractivity contribution in [3.8, 4) is 5.75 Å². The first-order valence-corrected chi connectivity index (χ1v) is 5.80. The smallest absolute Gasteiger partial charge is 0.222 e. The van der Waals surface area contributed by atoms with E-state index in [0.717, 1.165) is 18.5 Å². The van der Waals surface area contributed by atoms with E-state index < -0.39 is 0 Å². The lowest BCUT2D eigenvalue weighted by Gasteiger charge is -2.17. The Labute approximate surface area is 102 Å². The average molecular weight is 236 g/mol. The van der Waals surface area contributed by atoms with Gasteiger partial charge in [0.1, 0.15) is 5.75 Å². The van der Waals surface area contributed by atoms with Gasteiger partial charge in [-0.3, -0.25) is 4.79 Å². The standard InChI is InChI=1S/C13H20N2O2/c1-14-9-3-4-13(17)15(2)10-11-5-7-12(16)8-6-11/h5-8,14,16H,3-4,9-10H2,1-2H3. The molecule has 0 unspecified atom stereocenters. The molecule has 4 heteroatoms. The van der Waals surface area contributed by atoms with Crippen LogP contribution in [0.5, 0.6) is 5.75 Å². The summed E-state index contributed by atoms with van der Waals surface area (Å²) < 4.78 is 0. The summed E-state index contributed by atoms with van der Waals surface area (Å²) in [6.07, 6.45) is 1.42. The Hall–Kier alpha value is -1.55. The fourth-order valence-corrected chi connectivity index (χ4v) is 1.57. The lowest BCUT2D eigenvalue weighted by Crippen LogP contribution is -2.26. The molecule has 4 nitrogen and oxygen atoms in total. The number of amides is 1. The highest BCUT2D eigenvalue weighted by Crippen LogP contribution is 2.11. The Morgan fingerprint density at radius 1 is 1.35 bits per heavy atom. The maximum Gasteiger partial charge on any atom is 0.222 e. The van der Waals surface area contributed by atoms with Crippen molar-refractivity contribution >= 4 is 5.91 Å². The van der Waals surface area contributed by atoms with Crippen molar-refractivity contribution in [1.29, 1.82) is 0 Å². The van der Waals surface area contributed by atoms with E-state index in [0.29, 0.717) is 13.0 Å². The van der Waals surface area contributed by atoms with Gasteiger partial charge >= 0.3 is 0 Å². The van der Waals surface area contributed by atoms with Gasteiger partial charge in [0.15, 0.2) is 0 Å². The van der Waals surface area contributed by atoms with E-state index in [-0.39, 0.29) is 11.7 Å². The second-order valence-electron chi connectivity index (χ2n) is 4.12. The highest BCUT2D eigenvalue weighted by Gasteiger charge is 2.08. The molecule has 0 atom stereocenters. The monoisotopic (exact) mass is 236 g/mol. The van der Waals surface area contributed by atoms with E-state index in [1.807, 2.05) is 19.2 Å². The minimum Gasteiger partial charge on any atom is -0.508 e. The van der Waals surface area contributed by atoms with Crippen LogP contribution in [0.1, 0.15) is 18.4 Å². The number of nitrogens with one attached hydrogen (secondary N) is 1. The summed E-state index contributed by atoms with van der Waals surface area (Å²) in [6, 6.07) is 6.92. The average Bonchev–Trinajstić information content (AvgIpc) is 2.32. The van der Waals surface area contributed by atoms with Gasteiger partial charge < -0.3 is 15.3 Å². The molecule has 1 aromatic rings. The molecule has 0 fully saturated rings. The minimum atomic E-state index is 0.147. The molecule has 1 amide bonds. The largest absolute Gasteiger partial charge is 0.508 e. The summed E-state index contributed by atoms with van der Waals surface area (Å²) in [7, 11) is 3.68. The zero-order valence-corrected chi connectivity index (χ0v) is 10.4. The molecular weight excluding hydrogens is 216 g/mol. The van der Waals surface area contributed by atoms with Gasteiger partial charge in [-0.2, -0.15) is 0 Å². The van der Waals surface area contributed by atoms with Crippen LogP contribution < -0.4 is 5.32 Å². The topological polar surface area (TPSA) is 52.6 Å². The molecule has 1 rings (SSSR count). The quantitative estimate of drug-likeness (QED) is 0.733. The number of rotatable bonds is 6. The summed E-state index contributed by atoms with van der Waals surface area (Å²) in [5.41, 5.74) is 1.02. The van der Waals surface area contributed by atoms with Gasteiger partial charge in [-0.25, -0.2) is 0 Å². The summed E-state index contributed by atoms with van der Waals surface area (Å²) in [5.74, 6) is 0.394. The van der Waals surface area contributed by atoms with Gasteiger partial charge in [0.2, 0.25) is 5.91 Å². The Kier molecular flexibility index (Phi) is 5.49. The fraction of sp³-hybridized carbons (Fsp3) is 0.462. The van der Waals surface area contributed by atoms with Crippen molar-refractivity contribution in [2.75, 3.05) is 20.6 Å². The number of nitrogens with zero attached hydrogens (tertiary/aromatic N) is 1. The molecule has 17 heavy (non-hydrogen) atoms. The SMILES string of the molecule is CNCCCC(=O)N(C)Cc1ccc(O)cc1. The number of phenols is 1. The number of benzene rings is 1. The number of carbonyl (C=O) groups excluding carboxylic acids is 1. The van der Waals surface area contributed by atoms with Crippen molar-refractivity contribution in [2.45, 2.75) is 19.4 Å². The van der Waals surface area contributed by atoms with Gasteiger partial charge in [-0.1, -0.05) is 12.1 Å². The Bertz CT molecular complexity index is 349. The van der Waals surface area contributed by atoms with E-state index in [9.17, 15) is 4.79 Å². The molecule has 0 radical (unpaired) electrons. The summed E-state index contributed by atoms with van der Waals surface area (Å²) in [5, 5.41) is 12.2. The molecule has 0 bridgehead atoms. The first kappa shape index (κ1) is 13.5. The van der Waals surface area contributed by atoms with Gasteiger partial charge in [-0.15, -0.1) is 0 Å². The number of aromatic hydroxyl groups is 1. The van der Waals surface area contributed by atoms with Crippen molar-refractivity contribution in [2.24, 2.45) is 0 Å². The van der Waals surface area contributed by atoms with E-state index in [1.54, 1.807) is 24.1 Å². The number of carbonyl (C=O) groups is 1. The summed E-state index contributed by atoms with van der Waals surface area (Å²) >= 11 is 0. The lowest BCUT2D eigenvalue weighted by molar-refractivity contribution is -0.130. The highest BCUT2D eigenvalue weighted by atomic mass is 16.3.